The highest BCUT2D eigenvalue weighted by Crippen LogP contribution is 2.29. The van der Waals surface area contributed by atoms with E-state index >= 15 is 0 Å². The summed E-state index contributed by atoms with van der Waals surface area (Å²) in [5.74, 6) is 1.24. The molecule has 0 radical (unpaired) electrons. The second-order valence-corrected chi connectivity index (χ2v) is 5.04. The largest absolute Gasteiger partial charge is 0.493 e. The summed E-state index contributed by atoms with van der Waals surface area (Å²) in [6.07, 6.45) is 0.416. The Morgan fingerprint density at radius 3 is 2.33 bits per heavy atom. The van der Waals surface area contributed by atoms with Gasteiger partial charge in [0.2, 0.25) is 0 Å². The van der Waals surface area contributed by atoms with Gasteiger partial charge in [-0.05, 0) is 30.2 Å². The van der Waals surface area contributed by atoms with Gasteiger partial charge in [-0.25, -0.2) is 0 Å². The van der Waals surface area contributed by atoms with E-state index in [1.54, 1.807) is 32.4 Å². The highest BCUT2D eigenvalue weighted by Gasteiger charge is 2.21. The molecule has 0 saturated carbocycles. The second-order valence-electron chi connectivity index (χ2n) is 5.04. The van der Waals surface area contributed by atoms with Crippen LogP contribution in [0.15, 0.2) is 18.2 Å². The summed E-state index contributed by atoms with van der Waals surface area (Å²) >= 11 is 0. The summed E-state index contributed by atoms with van der Waals surface area (Å²) in [5, 5.41) is 0. The molecule has 0 unspecified atom stereocenters. The fraction of sp³-hybridized carbons (Fsp3) is 0.500. The van der Waals surface area contributed by atoms with E-state index in [4.69, 9.17) is 15.2 Å². The van der Waals surface area contributed by atoms with Crippen molar-refractivity contribution in [2.45, 2.75) is 20.3 Å². The molecule has 0 heterocycles. The number of benzene rings is 1. The molecule has 0 spiro atoms. The van der Waals surface area contributed by atoms with Crippen LogP contribution in [0.3, 0.4) is 0 Å². The van der Waals surface area contributed by atoms with Crippen LogP contribution in [0, 0.1) is 5.41 Å². The first-order valence-corrected chi connectivity index (χ1v) is 5.89. The van der Waals surface area contributed by atoms with Crippen molar-refractivity contribution in [3.8, 4) is 11.5 Å². The Bertz CT molecular complexity index is 427. The SMILES string of the molecule is COc1ccc(C(=O)CC(C)(C)CN)cc1OC. The molecule has 1 aromatic carbocycles. The average molecular weight is 251 g/mol. The highest BCUT2D eigenvalue weighted by atomic mass is 16.5. The number of Topliss-reactive ketones (excluding diaryl/α,β-unsaturated/α-hetero) is 1. The lowest BCUT2D eigenvalue weighted by Gasteiger charge is -2.21. The van der Waals surface area contributed by atoms with E-state index in [0.29, 0.717) is 30.0 Å². The summed E-state index contributed by atoms with van der Waals surface area (Å²) in [5.41, 5.74) is 6.07. The van der Waals surface area contributed by atoms with Crippen molar-refractivity contribution in [1.29, 1.82) is 0 Å². The van der Waals surface area contributed by atoms with Gasteiger partial charge >= 0.3 is 0 Å². The first-order chi connectivity index (χ1) is 8.43. The average Bonchev–Trinajstić information content (AvgIpc) is 2.37. The van der Waals surface area contributed by atoms with Crippen LogP contribution in [0.4, 0.5) is 0 Å². The fourth-order valence-electron chi connectivity index (χ4n) is 1.62. The maximum atomic E-state index is 12.1. The highest BCUT2D eigenvalue weighted by molar-refractivity contribution is 5.97. The summed E-state index contributed by atoms with van der Waals surface area (Å²) in [6, 6.07) is 5.19. The number of nitrogens with two attached hydrogens (primary N) is 1. The number of hydrogen-bond donors (Lipinski definition) is 1. The lowest BCUT2D eigenvalue weighted by molar-refractivity contribution is 0.0934. The summed E-state index contributed by atoms with van der Waals surface area (Å²) in [4.78, 5) is 12.1. The Morgan fingerprint density at radius 1 is 1.22 bits per heavy atom. The number of ether oxygens (including phenoxy) is 2. The minimum atomic E-state index is -0.190. The number of rotatable bonds is 6. The lowest BCUT2D eigenvalue weighted by Crippen LogP contribution is -2.26. The molecule has 0 fully saturated rings. The van der Waals surface area contributed by atoms with Crippen LogP contribution in [0.1, 0.15) is 30.6 Å². The van der Waals surface area contributed by atoms with Crippen LogP contribution in [0.2, 0.25) is 0 Å². The topological polar surface area (TPSA) is 61.5 Å². The van der Waals surface area contributed by atoms with Crippen LogP contribution in [0.5, 0.6) is 11.5 Å². The Labute approximate surface area is 108 Å². The zero-order chi connectivity index (χ0) is 13.8. The van der Waals surface area contributed by atoms with Crippen LogP contribution in [-0.4, -0.2) is 26.5 Å². The molecule has 0 atom stereocenters. The molecule has 0 aliphatic carbocycles. The zero-order valence-electron chi connectivity index (χ0n) is 11.4. The number of ketones is 1. The molecule has 0 saturated heterocycles. The fourth-order valence-corrected chi connectivity index (χ4v) is 1.62. The van der Waals surface area contributed by atoms with E-state index in [9.17, 15) is 4.79 Å². The van der Waals surface area contributed by atoms with Crippen molar-refractivity contribution in [3.05, 3.63) is 23.8 Å². The summed E-state index contributed by atoms with van der Waals surface area (Å²) in [7, 11) is 3.12. The minimum absolute atomic E-state index is 0.0615. The van der Waals surface area contributed by atoms with Gasteiger partial charge in [0.1, 0.15) is 0 Å². The molecular weight excluding hydrogens is 230 g/mol. The molecule has 1 rings (SSSR count). The van der Waals surface area contributed by atoms with Gasteiger partial charge in [-0.3, -0.25) is 4.79 Å². The van der Waals surface area contributed by atoms with Gasteiger partial charge in [0.05, 0.1) is 14.2 Å². The van der Waals surface area contributed by atoms with Crippen molar-refractivity contribution in [2.75, 3.05) is 20.8 Å². The third kappa shape index (κ3) is 3.47. The Kier molecular flexibility index (Phi) is 4.73. The first-order valence-electron chi connectivity index (χ1n) is 5.89. The molecule has 0 aromatic heterocycles. The van der Waals surface area contributed by atoms with Gasteiger partial charge in [-0.15, -0.1) is 0 Å². The standard InChI is InChI=1S/C14H21NO3/c1-14(2,9-15)8-11(16)10-5-6-12(17-3)13(7-10)18-4/h5-7H,8-9,15H2,1-4H3. The molecule has 0 bridgehead atoms. The summed E-state index contributed by atoms with van der Waals surface area (Å²) < 4.78 is 10.3. The predicted octanol–water partition coefficient (Wildman–Crippen LogP) is 2.26. The molecule has 18 heavy (non-hydrogen) atoms. The number of hydrogen-bond acceptors (Lipinski definition) is 4. The van der Waals surface area contributed by atoms with Crippen molar-refractivity contribution in [2.24, 2.45) is 11.1 Å². The lowest BCUT2D eigenvalue weighted by atomic mass is 9.86. The van der Waals surface area contributed by atoms with Gasteiger partial charge < -0.3 is 15.2 Å². The number of carbonyl (C=O) groups is 1. The minimum Gasteiger partial charge on any atom is -0.493 e. The predicted molar refractivity (Wildman–Crippen MR) is 71.3 cm³/mol. The van der Waals surface area contributed by atoms with E-state index in [-0.39, 0.29) is 11.2 Å². The van der Waals surface area contributed by atoms with Gasteiger partial charge in [-0.1, -0.05) is 13.8 Å². The second kappa shape index (κ2) is 5.87. The zero-order valence-corrected chi connectivity index (χ0v) is 11.4. The van der Waals surface area contributed by atoms with Crippen molar-refractivity contribution in [1.82, 2.24) is 0 Å². The molecule has 0 aliphatic heterocycles. The monoisotopic (exact) mass is 251 g/mol. The van der Waals surface area contributed by atoms with E-state index in [1.807, 2.05) is 13.8 Å². The molecule has 1 aromatic rings. The third-order valence-corrected chi connectivity index (χ3v) is 2.90. The smallest absolute Gasteiger partial charge is 0.163 e. The molecular formula is C14H21NO3. The van der Waals surface area contributed by atoms with Crippen molar-refractivity contribution >= 4 is 5.78 Å². The molecule has 100 valence electrons. The Hall–Kier alpha value is -1.55. The van der Waals surface area contributed by atoms with Gasteiger partial charge in [-0.2, -0.15) is 0 Å². The number of methoxy groups -OCH3 is 2. The van der Waals surface area contributed by atoms with Crippen LogP contribution in [0.25, 0.3) is 0 Å². The first kappa shape index (κ1) is 14.5. The quantitative estimate of drug-likeness (QED) is 0.788. The Balaban J connectivity index is 2.93. The molecule has 2 N–H and O–H groups in total. The third-order valence-electron chi connectivity index (χ3n) is 2.90. The van der Waals surface area contributed by atoms with Crippen LogP contribution < -0.4 is 15.2 Å². The van der Waals surface area contributed by atoms with Gasteiger partial charge in [0, 0.05) is 12.0 Å². The molecule has 4 nitrogen and oxygen atoms in total. The maximum Gasteiger partial charge on any atom is 0.163 e. The van der Waals surface area contributed by atoms with Gasteiger partial charge in [0.15, 0.2) is 17.3 Å². The van der Waals surface area contributed by atoms with E-state index in [1.165, 1.54) is 0 Å². The molecule has 0 amide bonds. The van der Waals surface area contributed by atoms with Crippen LogP contribution in [-0.2, 0) is 0 Å². The normalized spacial score (nSPS) is 11.2. The summed E-state index contributed by atoms with van der Waals surface area (Å²) in [6.45, 7) is 4.43. The van der Waals surface area contributed by atoms with Crippen LogP contribution >= 0.6 is 0 Å². The molecule has 4 heteroatoms. The van der Waals surface area contributed by atoms with E-state index < -0.39 is 0 Å². The van der Waals surface area contributed by atoms with Crippen molar-refractivity contribution < 1.29 is 14.3 Å². The van der Waals surface area contributed by atoms with Crippen molar-refractivity contribution in [3.63, 3.8) is 0 Å². The number of carbonyl (C=O) groups excluding carboxylic acids is 1. The van der Waals surface area contributed by atoms with E-state index in [0.717, 1.165) is 0 Å². The Morgan fingerprint density at radius 2 is 1.83 bits per heavy atom. The maximum absolute atomic E-state index is 12.1. The van der Waals surface area contributed by atoms with Gasteiger partial charge in [0.25, 0.3) is 0 Å². The van der Waals surface area contributed by atoms with E-state index in [2.05, 4.69) is 0 Å². The molecule has 0 aliphatic rings.